The van der Waals surface area contributed by atoms with Crippen LogP contribution in [0.5, 0.6) is 0 Å². The number of rotatable bonds is 9. The standard InChI is InChI=1S/C11H19FO3S/c1-3-4-6-14-8-9-16-11(12)5-7-15-10(2)13/h5H,3-4,6-9H2,1-2H3. The molecule has 0 bridgehead atoms. The molecule has 0 saturated heterocycles. The molecule has 0 atom stereocenters. The Labute approximate surface area is 100 Å². The van der Waals surface area contributed by atoms with E-state index in [0.29, 0.717) is 12.4 Å². The minimum absolute atomic E-state index is 0.00907. The molecular formula is C11H19FO3S. The van der Waals surface area contributed by atoms with Gasteiger partial charge in [0.05, 0.1) is 6.61 Å². The van der Waals surface area contributed by atoms with E-state index in [1.165, 1.54) is 13.0 Å². The van der Waals surface area contributed by atoms with Crippen molar-refractivity contribution in [3.05, 3.63) is 11.2 Å². The fourth-order valence-corrected chi connectivity index (χ4v) is 1.41. The van der Waals surface area contributed by atoms with Crippen molar-refractivity contribution < 1.29 is 18.7 Å². The molecule has 94 valence electrons. The average Bonchev–Trinajstić information content (AvgIpc) is 2.22. The van der Waals surface area contributed by atoms with E-state index in [4.69, 9.17) is 4.74 Å². The highest BCUT2D eigenvalue weighted by atomic mass is 32.2. The van der Waals surface area contributed by atoms with Crippen molar-refractivity contribution >= 4 is 17.7 Å². The van der Waals surface area contributed by atoms with Gasteiger partial charge in [-0.15, -0.1) is 0 Å². The largest absolute Gasteiger partial charge is 0.462 e. The Morgan fingerprint density at radius 3 is 2.81 bits per heavy atom. The Hall–Kier alpha value is -0.550. The van der Waals surface area contributed by atoms with Crippen LogP contribution in [0.25, 0.3) is 0 Å². The van der Waals surface area contributed by atoms with E-state index >= 15 is 0 Å². The molecule has 5 heteroatoms. The van der Waals surface area contributed by atoms with Crippen LogP contribution in [0.1, 0.15) is 26.7 Å². The Morgan fingerprint density at radius 1 is 1.44 bits per heavy atom. The lowest BCUT2D eigenvalue weighted by Crippen LogP contribution is -1.99. The van der Waals surface area contributed by atoms with Crippen LogP contribution >= 0.6 is 11.8 Å². The maximum Gasteiger partial charge on any atom is 0.302 e. The fourth-order valence-electron chi connectivity index (χ4n) is 0.830. The van der Waals surface area contributed by atoms with Crippen LogP contribution in [0.3, 0.4) is 0 Å². The Bertz CT molecular complexity index is 219. The number of halogens is 1. The minimum atomic E-state index is -0.406. The number of hydrogen-bond acceptors (Lipinski definition) is 4. The lowest BCUT2D eigenvalue weighted by atomic mass is 10.4. The highest BCUT2D eigenvalue weighted by molar-refractivity contribution is 8.02. The summed E-state index contributed by atoms with van der Waals surface area (Å²) < 4.78 is 22.8. The topological polar surface area (TPSA) is 35.5 Å². The second-order valence-corrected chi connectivity index (χ2v) is 4.21. The summed E-state index contributed by atoms with van der Waals surface area (Å²) in [6.45, 7) is 4.65. The van der Waals surface area contributed by atoms with Crippen LogP contribution in [0.4, 0.5) is 4.39 Å². The van der Waals surface area contributed by atoms with Gasteiger partial charge in [0.1, 0.15) is 6.61 Å². The Balaban J connectivity index is 3.35. The first-order valence-corrected chi connectivity index (χ1v) is 6.35. The lowest BCUT2D eigenvalue weighted by Gasteiger charge is -2.02. The molecule has 0 radical (unpaired) electrons. The zero-order valence-electron chi connectivity index (χ0n) is 9.83. The van der Waals surface area contributed by atoms with E-state index in [1.54, 1.807) is 0 Å². The second kappa shape index (κ2) is 11.0. The van der Waals surface area contributed by atoms with Crippen molar-refractivity contribution in [2.45, 2.75) is 26.7 Å². The van der Waals surface area contributed by atoms with Crippen molar-refractivity contribution in [2.75, 3.05) is 25.6 Å². The van der Waals surface area contributed by atoms with Gasteiger partial charge in [0, 0.05) is 19.3 Å². The first kappa shape index (κ1) is 15.4. The third kappa shape index (κ3) is 11.5. The van der Waals surface area contributed by atoms with Crippen LogP contribution in [0.2, 0.25) is 0 Å². The van der Waals surface area contributed by atoms with E-state index in [-0.39, 0.29) is 11.8 Å². The summed E-state index contributed by atoms with van der Waals surface area (Å²) >= 11 is 1.06. The van der Waals surface area contributed by atoms with Gasteiger partial charge >= 0.3 is 5.97 Å². The van der Waals surface area contributed by atoms with Crippen molar-refractivity contribution in [3.8, 4) is 0 Å². The smallest absolute Gasteiger partial charge is 0.302 e. The quantitative estimate of drug-likeness (QED) is 0.465. The normalized spacial score (nSPS) is 11.6. The molecule has 0 N–H and O–H groups in total. The number of unbranched alkanes of at least 4 members (excludes halogenated alkanes) is 1. The van der Waals surface area contributed by atoms with Crippen molar-refractivity contribution in [1.82, 2.24) is 0 Å². The second-order valence-electron chi connectivity index (χ2n) is 3.13. The molecule has 16 heavy (non-hydrogen) atoms. The predicted molar refractivity (Wildman–Crippen MR) is 64.0 cm³/mol. The van der Waals surface area contributed by atoms with E-state index in [1.807, 2.05) is 0 Å². The van der Waals surface area contributed by atoms with Gasteiger partial charge in [0.2, 0.25) is 0 Å². The molecule has 0 aromatic rings. The van der Waals surface area contributed by atoms with Gasteiger partial charge in [-0.3, -0.25) is 4.79 Å². The molecular weight excluding hydrogens is 231 g/mol. The van der Waals surface area contributed by atoms with Gasteiger partial charge in [-0.25, -0.2) is 0 Å². The molecule has 0 fully saturated rings. The highest BCUT2D eigenvalue weighted by Gasteiger charge is 1.97. The molecule has 3 nitrogen and oxygen atoms in total. The van der Waals surface area contributed by atoms with E-state index in [9.17, 15) is 9.18 Å². The third-order valence-corrected chi connectivity index (χ3v) is 2.45. The third-order valence-electron chi connectivity index (χ3n) is 1.64. The maximum atomic E-state index is 13.0. The molecule has 0 rings (SSSR count). The van der Waals surface area contributed by atoms with Gasteiger partial charge in [-0.2, -0.15) is 4.39 Å². The van der Waals surface area contributed by atoms with Gasteiger partial charge in [-0.1, -0.05) is 25.1 Å². The van der Waals surface area contributed by atoms with Gasteiger partial charge < -0.3 is 9.47 Å². The van der Waals surface area contributed by atoms with Crippen LogP contribution in [0.15, 0.2) is 11.2 Å². The molecule has 0 heterocycles. The molecule has 0 spiro atoms. The summed E-state index contributed by atoms with van der Waals surface area (Å²) in [5.74, 6) is 0.170. The predicted octanol–water partition coefficient (Wildman–Crippen LogP) is 2.91. The average molecular weight is 250 g/mol. The zero-order valence-corrected chi connectivity index (χ0v) is 10.6. The monoisotopic (exact) mass is 250 g/mol. The summed E-state index contributed by atoms with van der Waals surface area (Å²) in [6, 6.07) is 0. The molecule has 0 aliphatic rings. The highest BCUT2D eigenvalue weighted by Crippen LogP contribution is 2.16. The van der Waals surface area contributed by atoms with Gasteiger partial charge in [-0.05, 0) is 12.5 Å². The molecule has 0 unspecified atom stereocenters. The van der Waals surface area contributed by atoms with Crippen LogP contribution in [-0.4, -0.2) is 31.5 Å². The molecule has 0 aromatic carbocycles. The number of carbonyl (C=O) groups is 1. The summed E-state index contributed by atoms with van der Waals surface area (Å²) in [7, 11) is 0. The molecule has 0 aliphatic carbocycles. The zero-order chi connectivity index (χ0) is 12.2. The number of carbonyl (C=O) groups excluding carboxylic acids is 1. The first-order valence-electron chi connectivity index (χ1n) is 5.36. The number of esters is 1. The summed E-state index contributed by atoms with van der Waals surface area (Å²) in [5.41, 5.74) is 0. The summed E-state index contributed by atoms with van der Waals surface area (Å²) in [6.07, 6.45) is 3.39. The number of ether oxygens (including phenoxy) is 2. The molecule has 0 aromatic heterocycles. The first-order chi connectivity index (χ1) is 7.66. The van der Waals surface area contributed by atoms with Crippen LogP contribution < -0.4 is 0 Å². The minimum Gasteiger partial charge on any atom is -0.462 e. The van der Waals surface area contributed by atoms with Crippen molar-refractivity contribution in [3.63, 3.8) is 0 Å². The van der Waals surface area contributed by atoms with Gasteiger partial charge in [0.15, 0.2) is 5.16 Å². The number of thioether (sulfide) groups is 1. The SMILES string of the molecule is CCCCOCCSC(F)=CCOC(C)=O. The molecule has 0 saturated carbocycles. The fraction of sp³-hybridized carbons (Fsp3) is 0.727. The summed E-state index contributed by atoms with van der Waals surface area (Å²) in [4.78, 5) is 10.4. The lowest BCUT2D eigenvalue weighted by molar-refractivity contribution is -0.139. The van der Waals surface area contributed by atoms with Crippen LogP contribution in [0, 0.1) is 0 Å². The van der Waals surface area contributed by atoms with E-state index in [0.717, 1.165) is 31.2 Å². The number of hydrogen-bond donors (Lipinski definition) is 0. The Morgan fingerprint density at radius 2 is 2.19 bits per heavy atom. The van der Waals surface area contributed by atoms with Crippen molar-refractivity contribution in [1.29, 1.82) is 0 Å². The van der Waals surface area contributed by atoms with Crippen molar-refractivity contribution in [2.24, 2.45) is 0 Å². The Kier molecular flexibility index (Phi) is 10.6. The van der Waals surface area contributed by atoms with Gasteiger partial charge in [0.25, 0.3) is 0 Å². The molecule has 0 amide bonds. The van der Waals surface area contributed by atoms with E-state index in [2.05, 4.69) is 11.7 Å². The van der Waals surface area contributed by atoms with Crippen LogP contribution in [-0.2, 0) is 14.3 Å². The summed E-state index contributed by atoms with van der Waals surface area (Å²) in [5, 5.41) is -0.333. The maximum absolute atomic E-state index is 13.0. The van der Waals surface area contributed by atoms with E-state index < -0.39 is 5.97 Å². The molecule has 0 aliphatic heterocycles.